The highest BCUT2D eigenvalue weighted by Gasteiger charge is 2.44. The van der Waals surface area contributed by atoms with Crippen molar-refractivity contribution in [2.24, 2.45) is 5.73 Å². The minimum atomic E-state index is -0.863. The summed E-state index contributed by atoms with van der Waals surface area (Å²) in [7, 11) is 0. The van der Waals surface area contributed by atoms with Crippen molar-refractivity contribution in [1.29, 1.82) is 0 Å². The number of hydrogen-bond acceptors (Lipinski definition) is 4. The van der Waals surface area contributed by atoms with E-state index in [0.717, 1.165) is 37.9 Å². The van der Waals surface area contributed by atoms with E-state index in [1.165, 1.54) is 0 Å². The molecule has 128 valence electrons. The molecule has 1 aromatic carbocycles. The number of rotatable bonds is 4. The molecule has 1 aromatic rings. The van der Waals surface area contributed by atoms with Crippen molar-refractivity contribution < 1.29 is 14.3 Å². The van der Waals surface area contributed by atoms with Crippen LogP contribution in [0.1, 0.15) is 52.4 Å². The lowest BCUT2D eigenvalue weighted by atomic mass is 9.96. The zero-order valence-corrected chi connectivity index (χ0v) is 14.5. The average molecular weight is 341 g/mol. The lowest BCUT2D eigenvalue weighted by Gasteiger charge is -2.23. The van der Waals surface area contributed by atoms with E-state index >= 15 is 0 Å². The normalized spacial score (nSPS) is 20.0. The number of carbonyl (C=O) groups excluding carboxylic acids is 1. The molecule has 0 aromatic heterocycles. The molecule has 1 aliphatic carbocycles. The van der Waals surface area contributed by atoms with Gasteiger partial charge in [0.25, 0.3) is 5.79 Å². The topological polar surface area (TPSA) is 73.6 Å². The molecule has 23 heavy (non-hydrogen) atoms. The van der Waals surface area contributed by atoms with Crippen LogP contribution in [0.5, 0.6) is 11.5 Å². The Morgan fingerprint density at radius 2 is 1.96 bits per heavy atom. The minimum Gasteiger partial charge on any atom is -0.448 e. The number of benzene rings is 1. The van der Waals surface area contributed by atoms with Gasteiger partial charge in [-0.1, -0.05) is 13.3 Å². The number of ether oxygens (including phenoxy) is 2. The van der Waals surface area contributed by atoms with Gasteiger partial charge in [-0.2, -0.15) is 0 Å². The van der Waals surface area contributed by atoms with Crippen molar-refractivity contribution in [3.63, 3.8) is 0 Å². The Kier molecular flexibility index (Phi) is 5.11. The molecule has 0 radical (unpaired) electrons. The Morgan fingerprint density at radius 1 is 1.30 bits per heavy atom. The van der Waals surface area contributed by atoms with Gasteiger partial charge in [-0.25, -0.2) is 0 Å². The SMILES string of the molecule is CCCC(C)(N)C(=O)Nc1ccc2c(c1)OC1(CCCC1)O2.Cl. The van der Waals surface area contributed by atoms with Crippen molar-refractivity contribution in [3.05, 3.63) is 18.2 Å². The van der Waals surface area contributed by atoms with Crippen LogP contribution < -0.4 is 20.5 Å². The maximum atomic E-state index is 12.3. The van der Waals surface area contributed by atoms with Crippen molar-refractivity contribution >= 4 is 24.0 Å². The van der Waals surface area contributed by atoms with E-state index in [0.29, 0.717) is 17.9 Å². The summed E-state index contributed by atoms with van der Waals surface area (Å²) in [6.07, 6.45) is 5.60. The number of carbonyl (C=O) groups is 1. The summed E-state index contributed by atoms with van der Waals surface area (Å²) in [5.74, 6) is 0.803. The van der Waals surface area contributed by atoms with Gasteiger partial charge in [0.2, 0.25) is 5.91 Å². The molecule has 3 N–H and O–H groups in total. The molecule has 1 amide bonds. The Balaban J connectivity index is 0.00000192. The van der Waals surface area contributed by atoms with Gasteiger partial charge < -0.3 is 20.5 Å². The van der Waals surface area contributed by atoms with Crippen LogP contribution in [0.3, 0.4) is 0 Å². The molecular formula is C17H25ClN2O3. The van der Waals surface area contributed by atoms with Gasteiger partial charge in [-0.05, 0) is 38.3 Å². The fourth-order valence-corrected chi connectivity index (χ4v) is 3.20. The highest BCUT2D eigenvalue weighted by Crippen LogP contribution is 2.47. The van der Waals surface area contributed by atoms with Gasteiger partial charge in [-0.3, -0.25) is 4.79 Å². The van der Waals surface area contributed by atoms with Gasteiger partial charge in [0.05, 0.1) is 5.54 Å². The molecule has 1 unspecified atom stereocenters. The van der Waals surface area contributed by atoms with E-state index in [1.807, 2.05) is 25.1 Å². The molecule has 5 nitrogen and oxygen atoms in total. The maximum Gasteiger partial charge on any atom is 0.251 e. The van der Waals surface area contributed by atoms with E-state index < -0.39 is 11.3 Å². The van der Waals surface area contributed by atoms with Crippen LogP contribution in [0, 0.1) is 0 Å². The third-order valence-corrected chi connectivity index (χ3v) is 4.45. The molecule has 6 heteroatoms. The molecule has 2 aliphatic rings. The van der Waals surface area contributed by atoms with Crippen molar-refractivity contribution in [3.8, 4) is 11.5 Å². The zero-order chi connectivity index (χ0) is 15.8. The van der Waals surface area contributed by atoms with Crippen LogP contribution in [-0.4, -0.2) is 17.2 Å². The van der Waals surface area contributed by atoms with Gasteiger partial charge in [0, 0.05) is 24.6 Å². The fraction of sp³-hybridized carbons (Fsp3) is 0.588. The van der Waals surface area contributed by atoms with Gasteiger partial charge in [0.1, 0.15) is 0 Å². The predicted molar refractivity (Wildman–Crippen MR) is 92.3 cm³/mol. The Morgan fingerprint density at radius 3 is 2.61 bits per heavy atom. The Bertz CT molecular complexity index is 583. The van der Waals surface area contributed by atoms with Crippen molar-refractivity contribution in [2.45, 2.75) is 63.7 Å². The lowest BCUT2D eigenvalue weighted by Crippen LogP contribution is -2.48. The number of anilines is 1. The Hall–Kier alpha value is -1.46. The first kappa shape index (κ1) is 17.9. The smallest absolute Gasteiger partial charge is 0.251 e. The molecule has 1 aliphatic heterocycles. The molecule has 0 bridgehead atoms. The van der Waals surface area contributed by atoms with Crippen LogP contribution in [0.25, 0.3) is 0 Å². The van der Waals surface area contributed by atoms with Crippen molar-refractivity contribution in [1.82, 2.24) is 0 Å². The van der Waals surface area contributed by atoms with E-state index in [-0.39, 0.29) is 18.3 Å². The summed E-state index contributed by atoms with van der Waals surface area (Å²) < 4.78 is 12.0. The van der Waals surface area contributed by atoms with Crippen LogP contribution in [0.4, 0.5) is 5.69 Å². The number of amides is 1. The second kappa shape index (κ2) is 6.57. The Labute approximate surface area is 143 Å². The summed E-state index contributed by atoms with van der Waals surface area (Å²) in [5.41, 5.74) is 5.88. The highest BCUT2D eigenvalue weighted by atomic mass is 35.5. The summed E-state index contributed by atoms with van der Waals surface area (Å²) in [6, 6.07) is 5.50. The molecule has 0 saturated heterocycles. The first-order chi connectivity index (χ1) is 10.4. The molecule has 1 spiro atoms. The third-order valence-electron chi connectivity index (χ3n) is 4.45. The van der Waals surface area contributed by atoms with Gasteiger partial charge in [-0.15, -0.1) is 12.4 Å². The largest absolute Gasteiger partial charge is 0.448 e. The predicted octanol–water partition coefficient (Wildman–Crippen LogP) is 3.61. The first-order valence-electron chi connectivity index (χ1n) is 8.07. The van der Waals surface area contributed by atoms with Crippen LogP contribution in [0.15, 0.2) is 18.2 Å². The maximum absolute atomic E-state index is 12.3. The first-order valence-corrected chi connectivity index (χ1v) is 8.07. The number of hydrogen-bond donors (Lipinski definition) is 2. The highest BCUT2D eigenvalue weighted by molar-refractivity contribution is 5.97. The molecule has 1 heterocycles. The molecular weight excluding hydrogens is 316 g/mol. The van der Waals surface area contributed by atoms with Crippen LogP contribution in [-0.2, 0) is 4.79 Å². The second-order valence-electron chi connectivity index (χ2n) is 6.61. The summed E-state index contributed by atoms with van der Waals surface area (Å²) in [5, 5.41) is 2.88. The van der Waals surface area contributed by atoms with Crippen LogP contribution in [0.2, 0.25) is 0 Å². The monoisotopic (exact) mass is 340 g/mol. The number of halogens is 1. The minimum absolute atomic E-state index is 0. The van der Waals surface area contributed by atoms with Gasteiger partial charge in [0.15, 0.2) is 11.5 Å². The third kappa shape index (κ3) is 3.56. The molecule has 1 saturated carbocycles. The second-order valence-corrected chi connectivity index (χ2v) is 6.61. The lowest BCUT2D eigenvalue weighted by molar-refractivity contribution is -0.120. The summed E-state index contributed by atoms with van der Waals surface area (Å²) in [4.78, 5) is 12.3. The zero-order valence-electron chi connectivity index (χ0n) is 13.7. The van der Waals surface area contributed by atoms with Crippen molar-refractivity contribution in [2.75, 3.05) is 5.32 Å². The fourth-order valence-electron chi connectivity index (χ4n) is 3.20. The number of nitrogens with one attached hydrogen (secondary N) is 1. The standard InChI is InChI=1S/C17H24N2O3.ClH/c1-3-8-16(2,18)15(20)19-12-6-7-13-14(11-12)22-17(21-13)9-4-5-10-17;/h6-7,11H,3-5,8-10,18H2,1-2H3,(H,19,20);1H. The number of fused-ring (bicyclic) bond motifs is 1. The number of nitrogens with two attached hydrogens (primary N) is 1. The van der Waals surface area contributed by atoms with E-state index in [1.54, 1.807) is 6.92 Å². The summed E-state index contributed by atoms with van der Waals surface area (Å²) >= 11 is 0. The molecule has 3 rings (SSSR count). The van der Waals surface area contributed by atoms with E-state index in [9.17, 15) is 4.79 Å². The average Bonchev–Trinajstić information content (AvgIpc) is 3.05. The van der Waals surface area contributed by atoms with E-state index in [4.69, 9.17) is 15.2 Å². The quantitative estimate of drug-likeness (QED) is 0.878. The molecule has 1 fully saturated rings. The van der Waals surface area contributed by atoms with E-state index in [2.05, 4.69) is 5.32 Å². The van der Waals surface area contributed by atoms with Gasteiger partial charge >= 0.3 is 0 Å². The van der Waals surface area contributed by atoms with Crippen LogP contribution >= 0.6 is 12.4 Å². The summed E-state index contributed by atoms with van der Waals surface area (Å²) in [6.45, 7) is 3.77. The molecule has 1 atom stereocenters.